The quantitative estimate of drug-likeness (QED) is 0.565. The number of hydrogen-bond donors (Lipinski definition) is 1. The topological polar surface area (TPSA) is 71.8 Å². The Bertz CT molecular complexity index is 1180. The zero-order valence-corrected chi connectivity index (χ0v) is 18.7. The molecule has 2 aliphatic rings. The molecule has 1 aromatic carbocycles. The van der Waals surface area contributed by atoms with Crippen LogP contribution < -0.4 is 5.32 Å². The second kappa shape index (κ2) is 10.1. The summed E-state index contributed by atoms with van der Waals surface area (Å²) >= 11 is 0. The van der Waals surface area contributed by atoms with Crippen molar-refractivity contribution in [3.63, 3.8) is 0 Å². The number of rotatable bonds is 7. The summed E-state index contributed by atoms with van der Waals surface area (Å²) in [6, 6.07) is 12.2. The third kappa shape index (κ3) is 4.89. The predicted molar refractivity (Wildman–Crippen MR) is 129 cm³/mol. The van der Waals surface area contributed by atoms with Gasteiger partial charge in [0.25, 0.3) is 5.91 Å². The molecule has 0 spiro atoms. The maximum Gasteiger partial charge on any atom is 0.256 e. The van der Waals surface area contributed by atoms with Crippen LogP contribution in [0, 0.1) is 0 Å². The number of allylic oxidation sites excluding steroid dienone is 4. The highest BCUT2D eigenvalue weighted by Crippen LogP contribution is 2.28. The van der Waals surface area contributed by atoms with Gasteiger partial charge in [0, 0.05) is 25.2 Å². The van der Waals surface area contributed by atoms with E-state index in [1.807, 2.05) is 18.2 Å². The smallest absolute Gasteiger partial charge is 0.256 e. The van der Waals surface area contributed by atoms with Gasteiger partial charge in [-0.2, -0.15) is 5.10 Å². The normalized spacial score (nSPS) is 16.7. The number of amides is 1. The molecule has 5 rings (SSSR count). The molecular weight excluding hydrogens is 414 g/mol. The van der Waals surface area contributed by atoms with Gasteiger partial charge in [-0.15, -0.1) is 0 Å². The zero-order chi connectivity index (χ0) is 22.5. The van der Waals surface area contributed by atoms with E-state index in [9.17, 15) is 4.79 Å². The predicted octanol–water partition coefficient (Wildman–Crippen LogP) is 3.58. The molecule has 1 amide bonds. The van der Waals surface area contributed by atoms with Crippen molar-refractivity contribution < 1.29 is 9.53 Å². The summed E-state index contributed by atoms with van der Waals surface area (Å²) in [5, 5.41) is 7.60. The number of nitrogens with one attached hydrogen (secondary N) is 1. The largest absolute Gasteiger partial charge is 0.379 e. The number of carbonyl (C=O) groups is 1. The molecule has 1 fully saturated rings. The van der Waals surface area contributed by atoms with Crippen LogP contribution >= 0.6 is 0 Å². The number of ether oxygens (including phenoxy) is 1. The summed E-state index contributed by atoms with van der Waals surface area (Å²) in [7, 11) is 0. The Morgan fingerprint density at radius 1 is 1.15 bits per heavy atom. The molecule has 1 aliphatic heterocycles. The van der Waals surface area contributed by atoms with Crippen molar-refractivity contribution in [1.29, 1.82) is 0 Å². The van der Waals surface area contributed by atoms with Gasteiger partial charge in [-0.25, -0.2) is 9.50 Å². The maximum atomic E-state index is 13.0. The van der Waals surface area contributed by atoms with Gasteiger partial charge in [-0.3, -0.25) is 9.69 Å². The highest BCUT2D eigenvalue weighted by atomic mass is 16.5. The molecule has 0 bridgehead atoms. The second-order valence-electron chi connectivity index (χ2n) is 8.41. The lowest BCUT2D eigenvalue weighted by atomic mass is 10.0. The summed E-state index contributed by atoms with van der Waals surface area (Å²) in [5.41, 5.74) is 5.14. The molecule has 3 aromatic rings. The van der Waals surface area contributed by atoms with Crippen LogP contribution in [0.5, 0.6) is 0 Å². The van der Waals surface area contributed by atoms with E-state index in [1.54, 1.807) is 10.7 Å². The number of carbonyl (C=O) groups excluding carboxylic acids is 1. The summed E-state index contributed by atoms with van der Waals surface area (Å²) in [5.74, 6) is -0.131. The van der Waals surface area contributed by atoms with Crippen molar-refractivity contribution in [2.75, 3.05) is 39.4 Å². The van der Waals surface area contributed by atoms with Gasteiger partial charge >= 0.3 is 0 Å². The van der Waals surface area contributed by atoms with Crippen molar-refractivity contribution >= 4 is 17.1 Å². The van der Waals surface area contributed by atoms with Crippen LogP contribution in [0.4, 0.5) is 0 Å². The van der Waals surface area contributed by atoms with Crippen molar-refractivity contribution in [2.45, 2.75) is 19.3 Å². The molecule has 1 N–H and O–H groups in total. The standard InChI is InChI=1S/C26H29N5O2/c32-26(27-12-7-13-30-14-16-33-17-15-30)22-19-28-31-24(21-10-5-2-6-11-21)18-23(29-25(22)31)20-8-3-1-4-9-20/h1-3,5-6,8,10-11,18-19H,4,7,9,12-17H2,(H,27,32). The average molecular weight is 444 g/mol. The van der Waals surface area contributed by atoms with Crippen LogP contribution in [0.3, 0.4) is 0 Å². The Kier molecular flexibility index (Phi) is 6.60. The molecule has 7 heteroatoms. The minimum atomic E-state index is -0.131. The van der Waals surface area contributed by atoms with E-state index in [-0.39, 0.29) is 5.91 Å². The number of hydrogen-bond acceptors (Lipinski definition) is 5. The molecule has 0 atom stereocenters. The number of aromatic nitrogens is 3. The summed E-state index contributed by atoms with van der Waals surface area (Å²) in [4.78, 5) is 20.3. The number of fused-ring (bicyclic) bond motifs is 1. The van der Waals surface area contributed by atoms with Crippen molar-refractivity contribution in [2.24, 2.45) is 0 Å². The van der Waals surface area contributed by atoms with Crippen molar-refractivity contribution in [3.8, 4) is 11.3 Å². The minimum absolute atomic E-state index is 0.131. The van der Waals surface area contributed by atoms with Crippen LogP contribution in [0.1, 0.15) is 35.3 Å². The Morgan fingerprint density at radius 2 is 2.00 bits per heavy atom. The van der Waals surface area contributed by atoms with Gasteiger partial charge in [-0.05, 0) is 37.4 Å². The van der Waals surface area contributed by atoms with Crippen LogP contribution in [-0.4, -0.2) is 64.8 Å². The summed E-state index contributed by atoms with van der Waals surface area (Å²) in [6.07, 6.45) is 10.8. The molecule has 0 saturated carbocycles. The SMILES string of the molecule is O=C(NCCCN1CCOCC1)c1cnn2c(-c3ccccc3)cc(C3=CC=CCC3)nc12. The van der Waals surface area contributed by atoms with Crippen LogP contribution in [-0.2, 0) is 4.74 Å². The van der Waals surface area contributed by atoms with Gasteiger partial charge in [-0.1, -0.05) is 48.6 Å². The van der Waals surface area contributed by atoms with Crippen LogP contribution in [0.2, 0.25) is 0 Å². The van der Waals surface area contributed by atoms with E-state index in [1.165, 1.54) is 5.57 Å². The third-order valence-corrected chi connectivity index (χ3v) is 6.17. The molecule has 1 aliphatic carbocycles. The minimum Gasteiger partial charge on any atom is -0.379 e. The fourth-order valence-electron chi connectivity index (χ4n) is 4.34. The summed E-state index contributed by atoms with van der Waals surface area (Å²) in [6.45, 7) is 5.08. The molecule has 7 nitrogen and oxygen atoms in total. The van der Waals surface area contributed by atoms with E-state index in [0.29, 0.717) is 17.8 Å². The van der Waals surface area contributed by atoms with Crippen LogP contribution in [0.15, 0.2) is 60.8 Å². The first kappa shape index (κ1) is 21.6. The number of nitrogens with zero attached hydrogens (tertiary/aromatic N) is 4. The van der Waals surface area contributed by atoms with Gasteiger partial charge in [0.05, 0.1) is 30.8 Å². The molecule has 3 heterocycles. The van der Waals surface area contributed by atoms with E-state index in [4.69, 9.17) is 9.72 Å². The molecule has 0 radical (unpaired) electrons. The second-order valence-corrected chi connectivity index (χ2v) is 8.41. The Hall–Kier alpha value is -3.29. The first-order chi connectivity index (χ1) is 16.3. The van der Waals surface area contributed by atoms with Gasteiger partial charge in [0.1, 0.15) is 5.56 Å². The lowest BCUT2D eigenvalue weighted by molar-refractivity contribution is 0.0374. The summed E-state index contributed by atoms with van der Waals surface area (Å²) < 4.78 is 7.17. The van der Waals surface area contributed by atoms with Crippen molar-refractivity contribution in [3.05, 3.63) is 72.1 Å². The fraction of sp³-hybridized carbons (Fsp3) is 0.346. The van der Waals surface area contributed by atoms with Gasteiger partial charge < -0.3 is 10.1 Å². The number of morpholine rings is 1. The van der Waals surface area contributed by atoms with E-state index < -0.39 is 0 Å². The Balaban J connectivity index is 1.40. The van der Waals surface area contributed by atoms with E-state index in [2.05, 4.69) is 51.7 Å². The highest BCUT2D eigenvalue weighted by molar-refractivity contribution is 6.00. The first-order valence-electron chi connectivity index (χ1n) is 11.7. The zero-order valence-electron chi connectivity index (χ0n) is 18.7. The Labute approximate surface area is 193 Å². The van der Waals surface area contributed by atoms with Crippen molar-refractivity contribution in [1.82, 2.24) is 24.8 Å². The van der Waals surface area contributed by atoms with E-state index in [0.717, 1.165) is 69.1 Å². The molecule has 170 valence electrons. The van der Waals surface area contributed by atoms with Gasteiger partial charge in [0.2, 0.25) is 0 Å². The fourth-order valence-corrected chi connectivity index (χ4v) is 4.34. The molecule has 33 heavy (non-hydrogen) atoms. The first-order valence-corrected chi connectivity index (χ1v) is 11.7. The average Bonchev–Trinajstić information content (AvgIpc) is 3.32. The van der Waals surface area contributed by atoms with Crippen LogP contribution in [0.25, 0.3) is 22.5 Å². The Morgan fingerprint density at radius 3 is 2.79 bits per heavy atom. The lowest BCUT2D eigenvalue weighted by Gasteiger charge is -2.26. The van der Waals surface area contributed by atoms with E-state index >= 15 is 0 Å². The monoisotopic (exact) mass is 443 g/mol. The molecule has 0 unspecified atom stereocenters. The molecule has 1 saturated heterocycles. The molecular formula is C26H29N5O2. The molecule has 2 aromatic heterocycles. The maximum absolute atomic E-state index is 13.0. The third-order valence-electron chi connectivity index (χ3n) is 6.17. The highest BCUT2D eigenvalue weighted by Gasteiger charge is 2.19. The van der Waals surface area contributed by atoms with Gasteiger partial charge in [0.15, 0.2) is 5.65 Å². The number of benzene rings is 1. The lowest BCUT2D eigenvalue weighted by Crippen LogP contribution is -2.38.